The normalized spacial score (nSPS) is 13.1. The SMILES string of the molecule is CCN(Cc1cc2c(=O)[nH]c(C)nc2cc1C)c1ccc(C(=O)N(C)[C@@H](CC(C(=O)O)C(=O)[C@@H](N)CCC(=O)O)C(=O)O)c(F)c1. The highest BCUT2D eigenvalue weighted by atomic mass is 19.1. The first-order valence-corrected chi connectivity index (χ1v) is 14.3. The van der Waals surface area contributed by atoms with Gasteiger partial charge in [-0.3, -0.25) is 24.0 Å². The number of Topliss-reactive ketones (excluding diaryl/α,β-unsaturated/α-hetero) is 1. The number of likely N-dealkylation sites (N-methyl/N-ethyl adjacent to an activating group) is 1. The Bertz CT molecular complexity index is 1740. The zero-order valence-corrected chi connectivity index (χ0v) is 25.7. The summed E-state index contributed by atoms with van der Waals surface area (Å²) < 4.78 is 15.4. The number of carboxylic acid groups (broad SMARTS) is 3. The number of rotatable bonds is 15. The molecule has 0 saturated heterocycles. The van der Waals surface area contributed by atoms with Gasteiger partial charge in [-0.25, -0.2) is 14.2 Å². The molecule has 0 fully saturated rings. The lowest BCUT2D eigenvalue weighted by Crippen LogP contribution is -2.48. The number of H-pyrrole nitrogens is 1. The number of carboxylic acids is 3. The van der Waals surface area contributed by atoms with Gasteiger partial charge in [0.05, 0.1) is 22.5 Å². The Morgan fingerprint density at radius 3 is 2.28 bits per heavy atom. The Hall–Kier alpha value is -5.18. The van der Waals surface area contributed by atoms with Crippen molar-refractivity contribution in [2.24, 2.45) is 11.7 Å². The summed E-state index contributed by atoms with van der Waals surface area (Å²) >= 11 is 0. The summed E-state index contributed by atoms with van der Waals surface area (Å²) in [4.78, 5) is 82.6. The molecule has 0 radical (unpaired) electrons. The van der Waals surface area contributed by atoms with E-state index in [9.17, 15) is 39.0 Å². The number of hydrogen-bond acceptors (Lipinski definition) is 9. The van der Waals surface area contributed by atoms with Crippen LogP contribution in [-0.4, -0.2) is 85.5 Å². The number of halogens is 1. The molecule has 246 valence electrons. The Balaban J connectivity index is 1.84. The zero-order chi connectivity index (χ0) is 34.5. The molecule has 3 aromatic rings. The van der Waals surface area contributed by atoms with Crippen LogP contribution in [0.4, 0.5) is 10.1 Å². The van der Waals surface area contributed by atoms with Crippen molar-refractivity contribution in [1.82, 2.24) is 14.9 Å². The van der Waals surface area contributed by atoms with Gasteiger partial charge in [0.2, 0.25) is 0 Å². The lowest BCUT2D eigenvalue weighted by atomic mass is 9.89. The second kappa shape index (κ2) is 14.7. The van der Waals surface area contributed by atoms with Crippen LogP contribution in [0.2, 0.25) is 0 Å². The standard InChI is InChI=1S/C31H36FN5O9/c1-5-37(14-17-11-20-24(10-15(17)2)34-16(3)35-28(20)41)18-6-7-19(22(32)12-18)29(42)36(4)25(31(45)46)13-21(30(43)44)27(40)23(33)8-9-26(38)39/h6-7,10-12,21,23,25H,5,8-9,13-14,33H2,1-4H3,(H,38,39)(H,43,44)(H,45,46)(H,34,35,41)/t21?,23-,25-/m0/s1. The number of hydrogen-bond donors (Lipinski definition) is 5. The number of aliphatic carboxylic acids is 3. The van der Waals surface area contributed by atoms with Crippen molar-refractivity contribution in [1.29, 1.82) is 0 Å². The molecule has 0 aliphatic rings. The molecule has 3 rings (SSSR count). The maximum atomic E-state index is 15.4. The van der Waals surface area contributed by atoms with Crippen LogP contribution in [0, 0.1) is 25.6 Å². The Morgan fingerprint density at radius 1 is 1.04 bits per heavy atom. The molecule has 1 unspecified atom stereocenters. The van der Waals surface area contributed by atoms with Gasteiger partial charge in [-0.2, -0.15) is 0 Å². The van der Waals surface area contributed by atoms with Crippen LogP contribution in [0.5, 0.6) is 0 Å². The van der Waals surface area contributed by atoms with Crippen LogP contribution >= 0.6 is 0 Å². The van der Waals surface area contributed by atoms with Crippen molar-refractivity contribution in [2.45, 2.75) is 58.7 Å². The number of aromatic nitrogens is 2. The molecule has 0 aliphatic heterocycles. The first kappa shape index (κ1) is 35.3. The van der Waals surface area contributed by atoms with Crippen molar-refractivity contribution < 1.29 is 43.7 Å². The van der Waals surface area contributed by atoms with E-state index in [1.165, 1.54) is 12.1 Å². The second-order valence-corrected chi connectivity index (χ2v) is 11.0. The van der Waals surface area contributed by atoms with Gasteiger partial charge < -0.3 is 35.8 Å². The van der Waals surface area contributed by atoms with E-state index in [1.807, 2.05) is 18.7 Å². The zero-order valence-electron chi connectivity index (χ0n) is 25.7. The van der Waals surface area contributed by atoms with Crippen LogP contribution in [0.1, 0.15) is 53.5 Å². The summed E-state index contributed by atoms with van der Waals surface area (Å²) in [5.41, 5.74) is 7.49. The molecule has 3 atom stereocenters. The van der Waals surface area contributed by atoms with Crippen LogP contribution < -0.4 is 16.2 Å². The number of anilines is 1. The Morgan fingerprint density at radius 2 is 1.72 bits per heavy atom. The number of carbonyl (C=O) groups excluding carboxylic acids is 2. The van der Waals surface area contributed by atoms with E-state index in [1.54, 1.807) is 19.1 Å². The fourth-order valence-electron chi connectivity index (χ4n) is 5.09. The molecule has 0 bridgehead atoms. The molecule has 1 amide bonds. The lowest BCUT2D eigenvalue weighted by Gasteiger charge is -2.28. The maximum absolute atomic E-state index is 15.4. The monoisotopic (exact) mass is 641 g/mol. The molecule has 14 nitrogen and oxygen atoms in total. The van der Waals surface area contributed by atoms with Gasteiger partial charge in [-0.1, -0.05) is 0 Å². The minimum atomic E-state index is -1.96. The van der Waals surface area contributed by atoms with E-state index in [4.69, 9.17) is 10.8 Å². The first-order chi connectivity index (χ1) is 21.5. The molecule has 46 heavy (non-hydrogen) atoms. The minimum Gasteiger partial charge on any atom is -0.481 e. The number of amides is 1. The summed E-state index contributed by atoms with van der Waals surface area (Å²) in [5, 5.41) is 28.6. The highest BCUT2D eigenvalue weighted by Gasteiger charge is 2.38. The molecule has 0 saturated carbocycles. The number of ketones is 1. The van der Waals surface area contributed by atoms with E-state index in [0.29, 0.717) is 40.4 Å². The van der Waals surface area contributed by atoms with Crippen LogP contribution in [-0.2, 0) is 25.7 Å². The second-order valence-electron chi connectivity index (χ2n) is 11.0. The lowest BCUT2D eigenvalue weighted by molar-refractivity contribution is -0.149. The van der Waals surface area contributed by atoms with Gasteiger partial charge in [0.25, 0.3) is 11.5 Å². The fourth-order valence-corrected chi connectivity index (χ4v) is 5.09. The van der Waals surface area contributed by atoms with Crippen molar-refractivity contribution in [2.75, 3.05) is 18.5 Å². The quantitative estimate of drug-likeness (QED) is 0.150. The summed E-state index contributed by atoms with van der Waals surface area (Å²) in [5.74, 6) is -9.20. The molecule has 1 aromatic heterocycles. The number of carbonyl (C=O) groups is 5. The van der Waals surface area contributed by atoms with Crippen molar-refractivity contribution in [3.8, 4) is 0 Å². The minimum absolute atomic E-state index is 0.287. The number of nitrogens with zero attached hydrogens (tertiary/aromatic N) is 3. The highest BCUT2D eigenvalue weighted by Crippen LogP contribution is 2.25. The number of nitrogens with two attached hydrogens (primary N) is 1. The van der Waals surface area contributed by atoms with Gasteiger partial charge in [0.1, 0.15) is 23.6 Å². The molecule has 2 aromatic carbocycles. The summed E-state index contributed by atoms with van der Waals surface area (Å²) in [7, 11) is 1.04. The third-order valence-electron chi connectivity index (χ3n) is 7.78. The van der Waals surface area contributed by atoms with E-state index in [-0.39, 0.29) is 12.0 Å². The van der Waals surface area contributed by atoms with Crippen LogP contribution in [0.15, 0.2) is 35.1 Å². The van der Waals surface area contributed by atoms with Crippen LogP contribution in [0.25, 0.3) is 10.9 Å². The topological polar surface area (TPSA) is 224 Å². The smallest absolute Gasteiger partial charge is 0.326 e. The first-order valence-electron chi connectivity index (χ1n) is 14.3. The number of fused-ring (bicyclic) bond motifs is 1. The number of benzene rings is 2. The van der Waals surface area contributed by atoms with E-state index in [2.05, 4.69) is 9.97 Å². The predicted molar refractivity (Wildman–Crippen MR) is 164 cm³/mol. The molecule has 15 heteroatoms. The van der Waals surface area contributed by atoms with Crippen molar-refractivity contribution >= 4 is 46.2 Å². The van der Waals surface area contributed by atoms with E-state index in [0.717, 1.165) is 24.2 Å². The van der Waals surface area contributed by atoms with Gasteiger partial charge in [0.15, 0.2) is 5.78 Å². The molecule has 1 heterocycles. The van der Waals surface area contributed by atoms with Gasteiger partial charge >= 0.3 is 17.9 Å². The van der Waals surface area contributed by atoms with Gasteiger partial charge in [-0.15, -0.1) is 0 Å². The molecule has 6 N–H and O–H groups in total. The average Bonchev–Trinajstić information content (AvgIpc) is 2.97. The van der Waals surface area contributed by atoms with E-state index < -0.39 is 71.8 Å². The number of nitrogens with one attached hydrogen (secondary N) is 1. The average molecular weight is 642 g/mol. The number of aromatic amines is 1. The molecule has 0 spiro atoms. The number of aryl methyl sites for hydroxylation is 2. The molecular weight excluding hydrogens is 605 g/mol. The van der Waals surface area contributed by atoms with Gasteiger partial charge in [-0.05, 0) is 75.1 Å². The third-order valence-corrected chi connectivity index (χ3v) is 7.78. The van der Waals surface area contributed by atoms with Crippen LogP contribution in [0.3, 0.4) is 0 Å². The maximum Gasteiger partial charge on any atom is 0.326 e. The highest BCUT2D eigenvalue weighted by molar-refractivity contribution is 6.02. The van der Waals surface area contributed by atoms with Gasteiger partial charge in [0, 0.05) is 32.2 Å². The third kappa shape index (κ3) is 8.10. The Labute approximate surface area is 262 Å². The summed E-state index contributed by atoms with van der Waals surface area (Å²) in [6, 6.07) is 3.94. The largest absolute Gasteiger partial charge is 0.481 e. The summed E-state index contributed by atoms with van der Waals surface area (Å²) in [6.07, 6.45) is -1.76. The summed E-state index contributed by atoms with van der Waals surface area (Å²) in [6.45, 7) is 6.10. The Kier molecular flexibility index (Phi) is 11.3. The van der Waals surface area contributed by atoms with E-state index >= 15 is 4.39 Å². The molecule has 0 aliphatic carbocycles. The fraction of sp³-hybridized carbons (Fsp3) is 0.387. The van der Waals surface area contributed by atoms with Crippen molar-refractivity contribution in [3.63, 3.8) is 0 Å². The molecular formula is C31H36FN5O9. The van der Waals surface area contributed by atoms with Crippen molar-refractivity contribution in [3.05, 3.63) is 69.0 Å². The predicted octanol–water partition coefficient (Wildman–Crippen LogP) is 2.08.